The van der Waals surface area contributed by atoms with E-state index >= 15 is 0 Å². The molecule has 0 amide bonds. The van der Waals surface area contributed by atoms with E-state index in [0.717, 1.165) is 18.9 Å². The summed E-state index contributed by atoms with van der Waals surface area (Å²) >= 11 is 0. The molecule has 0 aromatic rings. The minimum absolute atomic E-state index is 1.12. The second kappa shape index (κ2) is 2.85. The monoisotopic (exact) mass is 128 g/mol. The Hall–Kier alpha value is -0.530. The molecule has 9 heavy (non-hydrogen) atoms. The molecule has 0 bridgehead atoms. The van der Waals surface area contributed by atoms with Gasteiger partial charge < -0.3 is 4.74 Å². The summed E-state index contributed by atoms with van der Waals surface area (Å²) < 4.78 is 7.33. The van der Waals surface area contributed by atoms with Crippen LogP contribution in [0.1, 0.15) is 19.3 Å². The average Bonchev–Trinajstić information content (AvgIpc) is 1.89. The lowest BCUT2D eigenvalue weighted by atomic mass is 10.2. The zero-order valence-corrected chi connectivity index (χ0v) is 6.18. The van der Waals surface area contributed by atoms with E-state index < -0.39 is 0 Å². The maximum atomic E-state index is 5.15. The van der Waals surface area contributed by atoms with E-state index in [9.17, 15) is 0 Å². The first kappa shape index (κ1) is 6.59. The van der Waals surface area contributed by atoms with Crippen LogP contribution in [-0.4, -0.2) is 31.2 Å². The summed E-state index contributed by atoms with van der Waals surface area (Å²) in [4.78, 5) is 0. The van der Waals surface area contributed by atoms with Crippen molar-refractivity contribution in [3.05, 3.63) is 0 Å². The van der Waals surface area contributed by atoms with Gasteiger partial charge in [0.25, 0.3) is 0 Å². The summed E-state index contributed by atoms with van der Waals surface area (Å²) in [6.07, 6.45) is 3.71. The third kappa shape index (κ3) is 1.44. The van der Waals surface area contributed by atoms with E-state index in [1.807, 2.05) is 0 Å². The summed E-state index contributed by atoms with van der Waals surface area (Å²) in [5.74, 6) is 1.14. The van der Waals surface area contributed by atoms with Crippen LogP contribution in [0.2, 0.25) is 0 Å². The van der Waals surface area contributed by atoms with Gasteiger partial charge in [0.2, 0.25) is 0 Å². The maximum absolute atomic E-state index is 5.15. The quantitative estimate of drug-likeness (QED) is 0.441. The van der Waals surface area contributed by atoms with E-state index in [1.165, 1.54) is 12.8 Å². The lowest BCUT2D eigenvalue weighted by Gasteiger charge is -2.09. The zero-order chi connectivity index (χ0) is 6.69. The number of hydrogen-bond acceptors (Lipinski definition) is 1. The highest BCUT2D eigenvalue weighted by Crippen LogP contribution is 2.04. The van der Waals surface area contributed by atoms with Gasteiger partial charge in [0.15, 0.2) is 0 Å². The number of methoxy groups -OCH3 is 1. The van der Waals surface area contributed by atoms with Crippen molar-refractivity contribution >= 4 is 5.90 Å². The Morgan fingerprint density at radius 2 is 2.22 bits per heavy atom. The van der Waals surface area contributed by atoms with E-state index in [4.69, 9.17) is 4.74 Å². The molecule has 0 spiro atoms. The van der Waals surface area contributed by atoms with Crippen LogP contribution in [0.15, 0.2) is 0 Å². The predicted octanol–water partition coefficient (Wildman–Crippen LogP) is 0.858. The molecule has 0 aromatic carbocycles. The Balaban J connectivity index is 2.59. The first-order chi connectivity index (χ1) is 4.34. The van der Waals surface area contributed by atoms with Crippen LogP contribution in [0.5, 0.6) is 0 Å². The van der Waals surface area contributed by atoms with Gasteiger partial charge in [0.1, 0.15) is 13.6 Å². The molecule has 1 aliphatic rings. The Bertz CT molecular complexity index is 129. The van der Waals surface area contributed by atoms with E-state index in [0.29, 0.717) is 0 Å². The molecule has 0 aliphatic carbocycles. The number of hydrogen-bond donors (Lipinski definition) is 0. The minimum Gasteiger partial charge on any atom is -0.451 e. The Kier molecular flexibility index (Phi) is 2.09. The molecule has 0 aromatic heterocycles. The highest BCUT2D eigenvalue weighted by Gasteiger charge is 2.15. The molecule has 2 heteroatoms. The molecule has 0 unspecified atom stereocenters. The van der Waals surface area contributed by atoms with Gasteiger partial charge in [-0.2, -0.15) is 0 Å². The third-order valence-electron chi connectivity index (χ3n) is 1.80. The second-order valence-corrected chi connectivity index (χ2v) is 2.48. The fourth-order valence-electron chi connectivity index (χ4n) is 1.20. The zero-order valence-electron chi connectivity index (χ0n) is 6.18. The van der Waals surface area contributed by atoms with Crippen LogP contribution < -0.4 is 0 Å². The summed E-state index contributed by atoms with van der Waals surface area (Å²) in [5.41, 5.74) is 0. The first-order valence-electron chi connectivity index (χ1n) is 3.45. The fourth-order valence-corrected chi connectivity index (χ4v) is 1.20. The molecule has 0 saturated carbocycles. The Morgan fingerprint density at radius 1 is 1.44 bits per heavy atom. The lowest BCUT2D eigenvalue weighted by molar-refractivity contribution is -0.512. The van der Waals surface area contributed by atoms with Crippen LogP contribution in [0.3, 0.4) is 0 Å². The molecule has 0 atom stereocenters. The van der Waals surface area contributed by atoms with E-state index in [2.05, 4.69) is 11.6 Å². The molecule has 1 aliphatic heterocycles. The number of nitrogens with zero attached hydrogens (tertiary/aromatic N) is 1. The van der Waals surface area contributed by atoms with Crippen molar-refractivity contribution in [1.29, 1.82) is 0 Å². The number of rotatable bonds is 0. The van der Waals surface area contributed by atoms with Crippen LogP contribution in [-0.2, 0) is 4.74 Å². The Morgan fingerprint density at radius 3 is 2.67 bits per heavy atom. The molecular weight excluding hydrogens is 114 g/mol. The summed E-state index contributed by atoms with van der Waals surface area (Å²) in [6, 6.07) is 0. The molecule has 0 saturated heterocycles. The smallest absolute Gasteiger partial charge is 0.335 e. The largest absolute Gasteiger partial charge is 0.451 e. The van der Waals surface area contributed by atoms with Gasteiger partial charge in [-0.05, 0) is 6.42 Å². The molecule has 0 N–H and O–H groups in total. The van der Waals surface area contributed by atoms with E-state index in [1.54, 1.807) is 7.11 Å². The van der Waals surface area contributed by atoms with E-state index in [-0.39, 0.29) is 0 Å². The summed E-state index contributed by atoms with van der Waals surface area (Å²) in [7, 11) is 3.83. The standard InChI is InChI=1S/C7H14NO/c1-8-6-4-3-5-7(8)9-2/h3-6H2,1-2H3/q+1. The predicted molar refractivity (Wildman–Crippen MR) is 36.9 cm³/mol. The fraction of sp³-hybridized carbons (Fsp3) is 0.857. The van der Waals surface area contributed by atoms with Gasteiger partial charge in [0, 0.05) is 6.42 Å². The van der Waals surface area contributed by atoms with Crippen molar-refractivity contribution in [3.63, 3.8) is 0 Å². The Labute approximate surface area is 56.1 Å². The third-order valence-corrected chi connectivity index (χ3v) is 1.80. The van der Waals surface area contributed by atoms with Gasteiger partial charge in [-0.15, -0.1) is 0 Å². The maximum Gasteiger partial charge on any atom is 0.335 e. The van der Waals surface area contributed by atoms with Crippen molar-refractivity contribution < 1.29 is 9.31 Å². The molecule has 52 valence electrons. The summed E-state index contributed by atoms with van der Waals surface area (Å²) in [5, 5.41) is 0. The summed E-state index contributed by atoms with van der Waals surface area (Å²) in [6.45, 7) is 1.16. The van der Waals surface area contributed by atoms with Gasteiger partial charge >= 0.3 is 5.90 Å². The first-order valence-corrected chi connectivity index (χ1v) is 3.45. The normalized spacial score (nSPS) is 20.2. The topological polar surface area (TPSA) is 12.2 Å². The SMILES string of the molecule is COC1=[N+](C)CCCC1. The van der Waals surface area contributed by atoms with Crippen LogP contribution in [0, 0.1) is 0 Å². The number of ether oxygens (including phenoxy) is 1. The molecule has 1 heterocycles. The van der Waals surface area contributed by atoms with Crippen molar-refractivity contribution in [1.82, 2.24) is 0 Å². The minimum atomic E-state index is 1.12. The average molecular weight is 128 g/mol. The van der Waals surface area contributed by atoms with Gasteiger partial charge in [-0.3, -0.25) is 0 Å². The van der Waals surface area contributed by atoms with Gasteiger partial charge in [-0.25, -0.2) is 4.58 Å². The molecule has 2 nitrogen and oxygen atoms in total. The van der Waals surface area contributed by atoms with Crippen LogP contribution in [0.4, 0.5) is 0 Å². The molecule has 0 radical (unpaired) electrons. The van der Waals surface area contributed by atoms with Crippen molar-refractivity contribution in [3.8, 4) is 0 Å². The second-order valence-electron chi connectivity index (χ2n) is 2.48. The highest BCUT2D eigenvalue weighted by atomic mass is 16.5. The lowest BCUT2D eigenvalue weighted by Crippen LogP contribution is -2.24. The molecule has 1 rings (SSSR count). The van der Waals surface area contributed by atoms with Crippen LogP contribution in [0.25, 0.3) is 0 Å². The molecular formula is C7H14NO+. The van der Waals surface area contributed by atoms with Gasteiger partial charge in [-0.1, -0.05) is 0 Å². The molecule has 0 fully saturated rings. The van der Waals surface area contributed by atoms with Crippen molar-refractivity contribution in [2.24, 2.45) is 0 Å². The van der Waals surface area contributed by atoms with Gasteiger partial charge in [0.05, 0.1) is 13.5 Å². The van der Waals surface area contributed by atoms with Crippen molar-refractivity contribution in [2.75, 3.05) is 20.7 Å². The highest BCUT2D eigenvalue weighted by molar-refractivity contribution is 5.70. The van der Waals surface area contributed by atoms with Crippen molar-refractivity contribution in [2.45, 2.75) is 19.3 Å². The van der Waals surface area contributed by atoms with Crippen LogP contribution >= 0.6 is 0 Å².